The van der Waals surface area contributed by atoms with Crippen LogP contribution in [0.3, 0.4) is 0 Å². The summed E-state index contributed by atoms with van der Waals surface area (Å²) in [6, 6.07) is 5.69. The molecule has 0 aliphatic carbocycles. The van der Waals surface area contributed by atoms with Gasteiger partial charge in [-0.2, -0.15) is 11.8 Å². The number of hydrogen-bond acceptors (Lipinski definition) is 2. The van der Waals surface area contributed by atoms with Gasteiger partial charge in [0.25, 0.3) is 0 Å². The van der Waals surface area contributed by atoms with Crippen molar-refractivity contribution >= 4 is 29.1 Å². The normalized spacial score (nSPS) is 10.2. The van der Waals surface area contributed by atoms with Crippen molar-refractivity contribution < 1.29 is 0 Å². The average molecular weight is 202 g/mol. The highest BCUT2D eigenvalue weighted by atomic mass is 35.5. The topological polar surface area (TPSA) is 26.0 Å². The summed E-state index contributed by atoms with van der Waals surface area (Å²) in [5, 5.41) is 0.782. The lowest BCUT2D eigenvalue weighted by Gasteiger charge is -2.03. The molecule has 1 aromatic rings. The second-order valence-corrected chi connectivity index (χ2v) is 3.99. The molecule has 3 heteroatoms. The number of rotatable bonds is 3. The van der Waals surface area contributed by atoms with Crippen molar-refractivity contribution in [2.75, 3.05) is 17.7 Å². The Kier molecular flexibility index (Phi) is 3.76. The van der Waals surface area contributed by atoms with Gasteiger partial charge >= 0.3 is 0 Å². The molecule has 2 N–H and O–H groups in total. The van der Waals surface area contributed by atoms with E-state index in [-0.39, 0.29) is 0 Å². The first-order chi connectivity index (χ1) is 5.74. The van der Waals surface area contributed by atoms with Crippen LogP contribution in [-0.4, -0.2) is 12.0 Å². The number of nitrogen functional groups attached to an aromatic ring is 1. The van der Waals surface area contributed by atoms with E-state index >= 15 is 0 Å². The Labute approximate surface area is 82.3 Å². The van der Waals surface area contributed by atoms with Crippen LogP contribution in [-0.2, 0) is 6.42 Å². The third kappa shape index (κ3) is 2.61. The minimum atomic E-state index is 0.730. The number of hydrogen-bond donors (Lipinski definition) is 1. The van der Waals surface area contributed by atoms with Gasteiger partial charge in [-0.05, 0) is 36.1 Å². The second kappa shape index (κ2) is 4.63. The van der Waals surface area contributed by atoms with Gasteiger partial charge in [0.1, 0.15) is 0 Å². The summed E-state index contributed by atoms with van der Waals surface area (Å²) >= 11 is 7.80. The molecule has 0 aliphatic heterocycles. The van der Waals surface area contributed by atoms with E-state index in [0.717, 1.165) is 22.9 Å². The van der Waals surface area contributed by atoms with Crippen molar-refractivity contribution in [2.24, 2.45) is 0 Å². The van der Waals surface area contributed by atoms with E-state index in [0.29, 0.717) is 0 Å². The highest BCUT2D eigenvalue weighted by Crippen LogP contribution is 2.20. The van der Waals surface area contributed by atoms with Crippen LogP contribution in [0.2, 0.25) is 5.02 Å². The molecule has 1 nitrogen and oxygen atoms in total. The SMILES string of the molecule is CSCCc1ccc(N)cc1Cl. The summed E-state index contributed by atoms with van der Waals surface area (Å²) in [6.07, 6.45) is 3.10. The lowest BCUT2D eigenvalue weighted by molar-refractivity contribution is 1.16. The van der Waals surface area contributed by atoms with E-state index in [1.165, 1.54) is 5.56 Å². The molecule has 0 saturated carbocycles. The molecule has 66 valence electrons. The van der Waals surface area contributed by atoms with E-state index in [1.54, 1.807) is 6.07 Å². The summed E-state index contributed by atoms with van der Waals surface area (Å²) < 4.78 is 0. The second-order valence-electron chi connectivity index (χ2n) is 2.59. The molecule has 0 aromatic heterocycles. The number of nitrogens with two attached hydrogens (primary N) is 1. The van der Waals surface area contributed by atoms with Crippen molar-refractivity contribution in [3.05, 3.63) is 28.8 Å². The van der Waals surface area contributed by atoms with E-state index in [1.807, 2.05) is 23.9 Å². The minimum absolute atomic E-state index is 0.730. The van der Waals surface area contributed by atoms with Crippen LogP contribution in [0.1, 0.15) is 5.56 Å². The first-order valence-electron chi connectivity index (χ1n) is 3.77. The zero-order chi connectivity index (χ0) is 8.97. The van der Waals surface area contributed by atoms with Gasteiger partial charge in [-0.3, -0.25) is 0 Å². The van der Waals surface area contributed by atoms with Crippen LogP contribution in [0, 0.1) is 0 Å². The Morgan fingerprint density at radius 3 is 2.83 bits per heavy atom. The molecule has 12 heavy (non-hydrogen) atoms. The maximum Gasteiger partial charge on any atom is 0.0458 e. The predicted molar refractivity (Wildman–Crippen MR) is 58.0 cm³/mol. The van der Waals surface area contributed by atoms with Crippen molar-refractivity contribution in [3.8, 4) is 0 Å². The van der Waals surface area contributed by atoms with Crippen LogP contribution in [0.15, 0.2) is 18.2 Å². The van der Waals surface area contributed by atoms with Crippen LogP contribution in [0.5, 0.6) is 0 Å². The average Bonchev–Trinajstić information content (AvgIpc) is 2.03. The van der Waals surface area contributed by atoms with Crippen LogP contribution >= 0.6 is 23.4 Å². The van der Waals surface area contributed by atoms with Crippen molar-refractivity contribution in [1.82, 2.24) is 0 Å². The molecule has 0 amide bonds. The highest BCUT2D eigenvalue weighted by Gasteiger charge is 1.99. The maximum atomic E-state index is 5.98. The first kappa shape index (κ1) is 9.75. The molecule has 0 atom stereocenters. The van der Waals surface area contributed by atoms with Gasteiger partial charge in [0.2, 0.25) is 0 Å². The lowest BCUT2D eigenvalue weighted by Crippen LogP contribution is -1.91. The van der Waals surface area contributed by atoms with E-state index in [4.69, 9.17) is 17.3 Å². The summed E-state index contributed by atoms with van der Waals surface area (Å²) in [7, 11) is 0. The van der Waals surface area contributed by atoms with Crippen LogP contribution in [0.25, 0.3) is 0 Å². The third-order valence-corrected chi connectivity index (χ3v) is 2.62. The number of anilines is 1. The molecule has 0 unspecified atom stereocenters. The lowest BCUT2D eigenvalue weighted by atomic mass is 10.1. The van der Waals surface area contributed by atoms with Gasteiger partial charge in [0.15, 0.2) is 0 Å². The van der Waals surface area contributed by atoms with E-state index < -0.39 is 0 Å². The number of halogens is 1. The van der Waals surface area contributed by atoms with Gasteiger partial charge in [-0.15, -0.1) is 0 Å². The number of benzene rings is 1. The Hall–Kier alpha value is -0.340. The monoisotopic (exact) mass is 201 g/mol. The number of aryl methyl sites for hydroxylation is 1. The van der Waals surface area contributed by atoms with E-state index in [9.17, 15) is 0 Å². The fraction of sp³-hybridized carbons (Fsp3) is 0.333. The molecular formula is C9H12ClNS. The Morgan fingerprint density at radius 2 is 2.25 bits per heavy atom. The predicted octanol–water partition coefficient (Wildman–Crippen LogP) is 2.83. The maximum absolute atomic E-state index is 5.98. The summed E-state index contributed by atoms with van der Waals surface area (Å²) in [5.74, 6) is 1.10. The minimum Gasteiger partial charge on any atom is -0.399 e. The van der Waals surface area contributed by atoms with Gasteiger partial charge in [0, 0.05) is 10.7 Å². The van der Waals surface area contributed by atoms with Gasteiger partial charge < -0.3 is 5.73 Å². The smallest absolute Gasteiger partial charge is 0.0458 e. The largest absolute Gasteiger partial charge is 0.399 e. The van der Waals surface area contributed by atoms with E-state index in [2.05, 4.69) is 6.26 Å². The van der Waals surface area contributed by atoms with Crippen molar-refractivity contribution in [1.29, 1.82) is 0 Å². The van der Waals surface area contributed by atoms with Crippen LogP contribution in [0.4, 0.5) is 5.69 Å². The quantitative estimate of drug-likeness (QED) is 0.762. The Bertz CT molecular complexity index is 263. The fourth-order valence-electron chi connectivity index (χ4n) is 0.978. The van der Waals surface area contributed by atoms with Gasteiger partial charge in [-0.25, -0.2) is 0 Å². The standard InChI is InChI=1S/C9H12ClNS/c1-12-5-4-7-2-3-8(11)6-9(7)10/h2-3,6H,4-5,11H2,1H3. The molecule has 0 aliphatic rings. The molecule has 0 radical (unpaired) electrons. The molecule has 0 spiro atoms. The van der Waals surface area contributed by atoms with Gasteiger partial charge in [0.05, 0.1) is 0 Å². The molecule has 0 fully saturated rings. The highest BCUT2D eigenvalue weighted by molar-refractivity contribution is 7.98. The summed E-state index contributed by atoms with van der Waals surface area (Å²) in [4.78, 5) is 0. The molecule has 0 heterocycles. The molecule has 0 saturated heterocycles. The number of thioether (sulfide) groups is 1. The zero-order valence-corrected chi connectivity index (χ0v) is 8.58. The zero-order valence-electron chi connectivity index (χ0n) is 7.01. The third-order valence-electron chi connectivity index (χ3n) is 1.65. The Morgan fingerprint density at radius 1 is 1.50 bits per heavy atom. The van der Waals surface area contributed by atoms with Gasteiger partial charge in [-0.1, -0.05) is 17.7 Å². The Balaban J connectivity index is 2.72. The first-order valence-corrected chi connectivity index (χ1v) is 5.54. The van der Waals surface area contributed by atoms with Crippen molar-refractivity contribution in [3.63, 3.8) is 0 Å². The summed E-state index contributed by atoms with van der Waals surface area (Å²) in [5.41, 5.74) is 7.48. The van der Waals surface area contributed by atoms with Crippen molar-refractivity contribution in [2.45, 2.75) is 6.42 Å². The fourth-order valence-corrected chi connectivity index (χ4v) is 1.69. The van der Waals surface area contributed by atoms with Crippen LogP contribution < -0.4 is 5.73 Å². The molecule has 1 aromatic carbocycles. The molecule has 1 rings (SSSR count). The molecular weight excluding hydrogens is 190 g/mol. The molecule has 0 bridgehead atoms. The summed E-state index contributed by atoms with van der Waals surface area (Å²) in [6.45, 7) is 0.